The molecule has 0 saturated heterocycles. The van der Waals surface area contributed by atoms with E-state index in [9.17, 15) is 0 Å². The van der Waals surface area contributed by atoms with Gasteiger partial charge in [-0.1, -0.05) is 13.8 Å². The summed E-state index contributed by atoms with van der Waals surface area (Å²) in [7, 11) is 1.75. The molecule has 20 heavy (non-hydrogen) atoms. The Kier molecular flexibility index (Phi) is 7.17. The Morgan fingerprint density at radius 2 is 2.05 bits per heavy atom. The van der Waals surface area contributed by atoms with Gasteiger partial charge < -0.3 is 14.8 Å². The van der Waals surface area contributed by atoms with Crippen molar-refractivity contribution in [3.8, 4) is 0 Å². The number of aryl methyl sites for hydroxylation is 1. The van der Waals surface area contributed by atoms with E-state index in [1.54, 1.807) is 7.11 Å². The van der Waals surface area contributed by atoms with Crippen LogP contribution in [0.2, 0.25) is 0 Å². The van der Waals surface area contributed by atoms with Gasteiger partial charge in [-0.05, 0) is 38.8 Å². The van der Waals surface area contributed by atoms with Crippen LogP contribution in [0.3, 0.4) is 0 Å². The molecular weight excluding hydrogens is 270 g/mol. The van der Waals surface area contributed by atoms with Crippen molar-refractivity contribution in [1.29, 1.82) is 0 Å². The zero-order valence-corrected chi connectivity index (χ0v) is 14.5. The first-order chi connectivity index (χ1) is 9.34. The molecular formula is C16H29NO2S. The quantitative estimate of drug-likeness (QED) is 0.702. The van der Waals surface area contributed by atoms with Crippen molar-refractivity contribution in [3.05, 3.63) is 21.4 Å². The van der Waals surface area contributed by atoms with Crippen LogP contribution in [0.25, 0.3) is 0 Å². The highest BCUT2D eigenvalue weighted by Gasteiger charge is 2.15. The van der Waals surface area contributed by atoms with Crippen molar-refractivity contribution < 1.29 is 9.47 Å². The summed E-state index contributed by atoms with van der Waals surface area (Å²) in [6.45, 7) is 13.1. The van der Waals surface area contributed by atoms with Gasteiger partial charge in [-0.25, -0.2) is 0 Å². The van der Waals surface area contributed by atoms with E-state index >= 15 is 0 Å². The minimum Gasteiger partial charge on any atom is -0.379 e. The Labute approximate surface area is 127 Å². The molecule has 1 aromatic rings. The monoisotopic (exact) mass is 299 g/mol. The number of ether oxygens (including phenoxy) is 2. The molecule has 0 amide bonds. The van der Waals surface area contributed by atoms with E-state index in [1.807, 2.05) is 11.3 Å². The Morgan fingerprint density at radius 1 is 1.35 bits per heavy atom. The van der Waals surface area contributed by atoms with E-state index in [-0.39, 0.29) is 5.60 Å². The molecule has 0 atom stereocenters. The normalized spacial score (nSPS) is 12.3. The topological polar surface area (TPSA) is 30.5 Å². The first kappa shape index (κ1) is 17.6. The van der Waals surface area contributed by atoms with Gasteiger partial charge in [0.25, 0.3) is 0 Å². The fraction of sp³-hybridized carbons (Fsp3) is 0.750. The van der Waals surface area contributed by atoms with E-state index in [0.717, 1.165) is 19.6 Å². The van der Waals surface area contributed by atoms with Gasteiger partial charge in [0.2, 0.25) is 0 Å². The van der Waals surface area contributed by atoms with Gasteiger partial charge in [0.1, 0.15) is 0 Å². The molecule has 0 aliphatic rings. The molecule has 0 saturated carbocycles. The predicted molar refractivity (Wildman–Crippen MR) is 86.4 cm³/mol. The average Bonchev–Trinajstić information content (AvgIpc) is 2.73. The van der Waals surface area contributed by atoms with Crippen molar-refractivity contribution in [2.24, 2.45) is 0 Å². The minimum atomic E-state index is -0.101. The lowest BCUT2D eigenvalue weighted by molar-refractivity contribution is -0.0124. The fourth-order valence-corrected chi connectivity index (χ4v) is 2.72. The number of rotatable bonds is 9. The molecule has 0 aliphatic heterocycles. The molecule has 3 nitrogen and oxygen atoms in total. The highest BCUT2D eigenvalue weighted by molar-refractivity contribution is 7.12. The molecule has 0 bridgehead atoms. The SMILES string of the molecule is COC(C)(C)CCOCc1cc(CNC(C)C)sc1C. The van der Waals surface area contributed by atoms with Gasteiger partial charge >= 0.3 is 0 Å². The first-order valence-corrected chi connectivity index (χ1v) is 8.10. The number of methoxy groups -OCH3 is 1. The van der Waals surface area contributed by atoms with Crippen LogP contribution in [-0.4, -0.2) is 25.4 Å². The molecule has 0 spiro atoms. The minimum absolute atomic E-state index is 0.101. The summed E-state index contributed by atoms with van der Waals surface area (Å²) in [5.41, 5.74) is 1.21. The van der Waals surface area contributed by atoms with Crippen LogP contribution in [0, 0.1) is 6.92 Å². The zero-order valence-electron chi connectivity index (χ0n) is 13.7. The largest absolute Gasteiger partial charge is 0.379 e. The molecule has 0 aromatic carbocycles. The lowest BCUT2D eigenvalue weighted by Gasteiger charge is -2.22. The highest BCUT2D eigenvalue weighted by Crippen LogP contribution is 2.23. The van der Waals surface area contributed by atoms with Crippen molar-refractivity contribution in [1.82, 2.24) is 5.32 Å². The van der Waals surface area contributed by atoms with Crippen LogP contribution in [-0.2, 0) is 22.6 Å². The predicted octanol–water partition coefficient (Wildman–Crippen LogP) is 3.89. The van der Waals surface area contributed by atoms with Gasteiger partial charge in [-0.15, -0.1) is 11.3 Å². The van der Waals surface area contributed by atoms with Crippen molar-refractivity contribution in [3.63, 3.8) is 0 Å². The molecule has 4 heteroatoms. The lowest BCUT2D eigenvalue weighted by atomic mass is 10.1. The summed E-state index contributed by atoms with van der Waals surface area (Å²) < 4.78 is 11.2. The Bertz CT molecular complexity index is 399. The van der Waals surface area contributed by atoms with Crippen molar-refractivity contribution in [2.45, 2.75) is 65.8 Å². The van der Waals surface area contributed by atoms with Crippen molar-refractivity contribution >= 4 is 11.3 Å². The van der Waals surface area contributed by atoms with Crippen LogP contribution < -0.4 is 5.32 Å². The van der Waals surface area contributed by atoms with E-state index in [0.29, 0.717) is 12.6 Å². The Hall–Kier alpha value is -0.420. The number of hydrogen-bond acceptors (Lipinski definition) is 4. The average molecular weight is 299 g/mol. The van der Waals surface area contributed by atoms with Gasteiger partial charge in [-0.2, -0.15) is 0 Å². The molecule has 1 rings (SSSR count). The van der Waals surface area contributed by atoms with Crippen LogP contribution in [0.15, 0.2) is 6.07 Å². The summed E-state index contributed by atoms with van der Waals surface area (Å²) in [6.07, 6.45) is 0.911. The summed E-state index contributed by atoms with van der Waals surface area (Å²) in [6, 6.07) is 2.78. The zero-order chi connectivity index (χ0) is 15.2. The van der Waals surface area contributed by atoms with E-state index in [1.165, 1.54) is 15.3 Å². The van der Waals surface area contributed by atoms with E-state index in [4.69, 9.17) is 9.47 Å². The van der Waals surface area contributed by atoms with Crippen LogP contribution in [0.5, 0.6) is 0 Å². The smallest absolute Gasteiger partial charge is 0.0727 e. The van der Waals surface area contributed by atoms with Crippen LogP contribution in [0.1, 0.15) is 49.4 Å². The van der Waals surface area contributed by atoms with Crippen molar-refractivity contribution in [2.75, 3.05) is 13.7 Å². The molecule has 0 fully saturated rings. The highest BCUT2D eigenvalue weighted by atomic mass is 32.1. The molecule has 116 valence electrons. The first-order valence-electron chi connectivity index (χ1n) is 7.28. The third kappa shape index (κ3) is 6.35. The Morgan fingerprint density at radius 3 is 2.65 bits per heavy atom. The molecule has 1 heterocycles. The fourth-order valence-electron chi connectivity index (χ4n) is 1.72. The summed E-state index contributed by atoms with van der Waals surface area (Å²) in [4.78, 5) is 2.74. The maximum absolute atomic E-state index is 5.78. The third-order valence-corrected chi connectivity index (χ3v) is 4.51. The molecule has 1 aromatic heterocycles. The van der Waals surface area contributed by atoms with Gasteiger partial charge in [-0.3, -0.25) is 0 Å². The van der Waals surface area contributed by atoms with Gasteiger partial charge in [0.15, 0.2) is 0 Å². The molecule has 0 unspecified atom stereocenters. The van der Waals surface area contributed by atoms with Crippen LogP contribution in [0.4, 0.5) is 0 Å². The summed E-state index contributed by atoms with van der Waals surface area (Å²) >= 11 is 1.86. The second-order valence-corrected chi connectivity index (χ2v) is 7.44. The Balaban J connectivity index is 2.37. The molecule has 0 radical (unpaired) electrons. The maximum atomic E-state index is 5.78. The summed E-state index contributed by atoms with van der Waals surface area (Å²) in [5.74, 6) is 0. The lowest BCUT2D eigenvalue weighted by Crippen LogP contribution is -2.24. The van der Waals surface area contributed by atoms with Crippen LogP contribution >= 0.6 is 11.3 Å². The number of nitrogens with one attached hydrogen (secondary N) is 1. The molecule has 1 N–H and O–H groups in total. The van der Waals surface area contributed by atoms with E-state index in [2.05, 4.69) is 46.0 Å². The number of thiophene rings is 1. The van der Waals surface area contributed by atoms with E-state index < -0.39 is 0 Å². The second-order valence-electron chi connectivity index (χ2n) is 6.10. The molecule has 0 aliphatic carbocycles. The third-order valence-electron chi connectivity index (χ3n) is 3.41. The van der Waals surface area contributed by atoms with Gasteiger partial charge in [0.05, 0.1) is 12.2 Å². The summed E-state index contributed by atoms with van der Waals surface area (Å²) in [5, 5.41) is 3.45. The standard InChI is InChI=1S/C16H29NO2S/c1-12(2)17-10-15-9-14(13(3)20-15)11-19-8-7-16(4,5)18-6/h9,12,17H,7-8,10-11H2,1-6H3. The number of hydrogen-bond donors (Lipinski definition) is 1. The second kappa shape index (κ2) is 8.13. The van der Waals surface area contributed by atoms with Gasteiger partial charge in [0, 0.05) is 36.1 Å². The maximum Gasteiger partial charge on any atom is 0.0727 e.